The third kappa shape index (κ3) is 5.29. The third-order valence-electron chi connectivity index (χ3n) is 4.86. The number of benzene rings is 2. The molecule has 2 aromatic rings. The van der Waals surface area contributed by atoms with Crippen LogP contribution in [0, 0.1) is 0 Å². The quantitative estimate of drug-likeness (QED) is 0.729. The van der Waals surface area contributed by atoms with Crippen molar-refractivity contribution >= 4 is 38.9 Å². The molecule has 1 heterocycles. The Bertz CT molecular complexity index is 1080. The predicted molar refractivity (Wildman–Crippen MR) is 118 cm³/mol. The summed E-state index contributed by atoms with van der Waals surface area (Å²) in [5, 5.41) is 4.40. The zero-order valence-electron chi connectivity index (χ0n) is 16.7. The Kier molecular flexibility index (Phi) is 6.63. The highest BCUT2D eigenvalue weighted by molar-refractivity contribution is 7.93. The molecule has 0 spiro atoms. The van der Waals surface area contributed by atoms with Gasteiger partial charge in [-0.3, -0.25) is 9.59 Å². The van der Waals surface area contributed by atoms with Crippen LogP contribution in [-0.2, 0) is 14.6 Å². The fourth-order valence-corrected chi connectivity index (χ4v) is 4.20. The summed E-state index contributed by atoms with van der Waals surface area (Å²) in [6.45, 7) is 1.69. The van der Waals surface area contributed by atoms with Gasteiger partial charge in [0.2, 0.25) is 5.91 Å². The van der Waals surface area contributed by atoms with Crippen molar-refractivity contribution in [2.75, 3.05) is 11.2 Å². The lowest BCUT2D eigenvalue weighted by molar-refractivity contribution is -0.117. The van der Waals surface area contributed by atoms with Crippen molar-refractivity contribution in [1.29, 1.82) is 0 Å². The third-order valence-corrected chi connectivity index (χ3v) is 5.85. The number of nitrogens with zero attached hydrogens (tertiary/aromatic N) is 1. The molecule has 1 aliphatic heterocycles. The van der Waals surface area contributed by atoms with Crippen LogP contribution in [0.25, 0.3) is 0 Å². The number of nitrogens with one attached hydrogen (secondary N) is 1. The van der Waals surface area contributed by atoms with Crippen LogP contribution in [0.4, 0.5) is 5.69 Å². The first-order valence-corrected chi connectivity index (χ1v) is 11.8. The summed E-state index contributed by atoms with van der Waals surface area (Å²) in [5.41, 5.74) is 2.02. The van der Waals surface area contributed by atoms with Crippen LogP contribution < -0.4 is 10.2 Å². The second-order valence-electron chi connectivity index (χ2n) is 7.31. The van der Waals surface area contributed by atoms with E-state index in [0.29, 0.717) is 29.1 Å². The van der Waals surface area contributed by atoms with E-state index in [0.717, 1.165) is 17.2 Å². The highest BCUT2D eigenvalue weighted by Crippen LogP contribution is 2.39. The number of carbonyl (C=O) groups excluding carboxylic acids is 2. The molecule has 1 saturated heterocycles. The minimum absolute atomic E-state index is 0.0108. The van der Waals surface area contributed by atoms with Crippen molar-refractivity contribution < 1.29 is 18.0 Å². The Labute approximate surface area is 181 Å². The summed E-state index contributed by atoms with van der Waals surface area (Å²) >= 11 is 6.34. The Morgan fingerprint density at radius 1 is 1.20 bits per heavy atom. The number of halogens is 1. The zero-order chi connectivity index (χ0) is 21.9. The van der Waals surface area contributed by atoms with Gasteiger partial charge in [0.25, 0.3) is 5.91 Å². The molecule has 1 fully saturated rings. The Hall–Kier alpha value is -2.64. The van der Waals surface area contributed by atoms with Gasteiger partial charge in [-0.15, -0.1) is 0 Å². The maximum atomic E-state index is 12.5. The normalized spacial score (nSPS) is 18.0. The monoisotopic (exact) mass is 446 g/mol. The molecule has 6 nitrogen and oxygen atoms in total. The molecule has 0 saturated carbocycles. The van der Waals surface area contributed by atoms with Gasteiger partial charge in [-0.05, 0) is 49.2 Å². The molecule has 2 aromatic carbocycles. The van der Waals surface area contributed by atoms with Crippen molar-refractivity contribution in [1.82, 2.24) is 5.32 Å². The average molecular weight is 447 g/mol. The fraction of sp³-hybridized carbons (Fsp3) is 0.273. The number of hydrogen-bond donors (Lipinski definition) is 1. The highest BCUT2D eigenvalue weighted by atomic mass is 35.5. The van der Waals surface area contributed by atoms with Crippen molar-refractivity contribution in [2.45, 2.75) is 31.8 Å². The minimum Gasteiger partial charge on any atom is -0.346 e. The van der Waals surface area contributed by atoms with Gasteiger partial charge < -0.3 is 10.2 Å². The van der Waals surface area contributed by atoms with E-state index in [9.17, 15) is 18.0 Å². The number of amides is 2. The summed E-state index contributed by atoms with van der Waals surface area (Å²) in [7, 11) is -3.25. The van der Waals surface area contributed by atoms with E-state index < -0.39 is 15.9 Å². The lowest BCUT2D eigenvalue weighted by Crippen LogP contribution is -2.31. The van der Waals surface area contributed by atoms with Crippen molar-refractivity contribution in [3.63, 3.8) is 0 Å². The van der Waals surface area contributed by atoms with Gasteiger partial charge in [-0.1, -0.05) is 35.9 Å². The van der Waals surface area contributed by atoms with Crippen molar-refractivity contribution in [3.8, 4) is 0 Å². The lowest BCUT2D eigenvalue weighted by Gasteiger charge is -2.26. The molecule has 8 heteroatoms. The van der Waals surface area contributed by atoms with E-state index in [1.165, 1.54) is 6.08 Å². The first-order valence-electron chi connectivity index (χ1n) is 9.51. The van der Waals surface area contributed by atoms with Gasteiger partial charge in [0.05, 0.1) is 6.04 Å². The molecular formula is C22H23ClN2O4S. The molecule has 0 radical (unpaired) electrons. The Balaban J connectivity index is 1.76. The second-order valence-corrected chi connectivity index (χ2v) is 9.65. The molecule has 0 unspecified atom stereocenters. The molecule has 158 valence electrons. The second kappa shape index (κ2) is 9.02. The number of anilines is 1. The lowest BCUT2D eigenvalue weighted by atomic mass is 10.0. The van der Waals surface area contributed by atoms with E-state index in [-0.39, 0.29) is 17.9 Å². The van der Waals surface area contributed by atoms with Crippen LogP contribution in [-0.4, -0.2) is 32.5 Å². The van der Waals surface area contributed by atoms with Crippen molar-refractivity contribution in [2.24, 2.45) is 0 Å². The van der Waals surface area contributed by atoms with Crippen LogP contribution in [0.15, 0.2) is 60.0 Å². The molecule has 2 amide bonds. The molecule has 1 N–H and O–H groups in total. The van der Waals surface area contributed by atoms with Gasteiger partial charge >= 0.3 is 0 Å². The molecule has 2 atom stereocenters. The van der Waals surface area contributed by atoms with Crippen molar-refractivity contribution in [3.05, 3.63) is 76.2 Å². The smallest absolute Gasteiger partial charge is 0.251 e. The topological polar surface area (TPSA) is 83.6 Å². The number of rotatable bonds is 6. The van der Waals surface area contributed by atoms with E-state index in [1.54, 1.807) is 36.1 Å². The van der Waals surface area contributed by atoms with Crippen LogP contribution in [0.1, 0.15) is 41.7 Å². The Morgan fingerprint density at radius 2 is 1.87 bits per heavy atom. The van der Waals surface area contributed by atoms with Gasteiger partial charge in [0.1, 0.15) is 0 Å². The summed E-state index contributed by atoms with van der Waals surface area (Å²) < 4.78 is 22.4. The number of carbonyl (C=O) groups is 2. The van der Waals surface area contributed by atoms with Crippen LogP contribution >= 0.6 is 11.6 Å². The summed E-state index contributed by atoms with van der Waals surface area (Å²) in [6, 6.07) is 13.7. The molecule has 30 heavy (non-hydrogen) atoms. The zero-order valence-corrected chi connectivity index (χ0v) is 18.3. The molecule has 3 rings (SSSR count). The molecule has 0 aliphatic carbocycles. The number of hydrogen-bond acceptors (Lipinski definition) is 4. The maximum Gasteiger partial charge on any atom is 0.251 e. The van der Waals surface area contributed by atoms with Gasteiger partial charge in [0, 0.05) is 40.4 Å². The fourth-order valence-electron chi connectivity index (χ4n) is 3.42. The van der Waals surface area contributed by atoms with Crippen LogP contribution in [0.2, 0.25) is 5.02 Å². The summed E-state index contributed by atoms with van der Waals surface area (Å²) in [4.78, 5) is 26.7. The van der Waals surface area contributed by atoms with Crippen LogP contribution in [0.3, 0.4) is 0 Å². The van der Waals surface area contributed by atoms with E-state index in [2.05, 4.69) is 5.32 Å². The van der Waals surface area contributed by atoms with Gasteiger partial charge in [0.15, 0.2) is 9.84 Å². The van der Waals surface area contributed by atoms with Gasteiger partial charge in [-0.2, -0.15) is 0 Å². The standard InChI is InChI=1S/C22H23ClN2O4S/c1-15(13-14-30(2,28)29)24-22(27)16-7-9-17(10-8-16)25-20(11-12-21(25)26)18-5-3-4-6-19(18)23/h3-10,13-15,20H,11-12H2,1-2H3,(H,24,27)/b14-13+/t15-,20+/m1/s1. The highest BCUT2D eigenvalue weighted by Gasteiger charge is 2.34. The first kappa shape index (κ1) is 22.1. The molecule has 1 aliphatic rings. The predicted octanol–water partition coefficient (Wildman–Crippen LogP) is 3.88. The van der Waals surface area contributed by atoms with E-state index in [4.69, 9.17) is 11.6 Å². The van der Waals surface area contributed by atoms with Gasteiger partial charge in [-0.25, -0.2) is 8.42 Å². The largest absolute Gasteiger partial charge is 0.346 e. The molecule has 0 bridgehead atoms. The maximum absolute atomic E-state index is 12.5. The number of sulfone groups is 1. The molecular weight excluding hydrogens is 424 g/mol. The SMILES string of the molecule is C[C@H](/C=C/S(C)(=O)=O)NC(=O)c1ccc(N2C(=O)CC[C@H]2c2ccccc2Cl)cc1. The summed E-state index contributed by atoms with van der Waals surface area (Å²) in [5.74, 6) is -0.320. The Morgan fingerprint density at radius 3 is 2.50 bits per heavy atom. The van der Waals surface area contributed by atoms with E-state index >= 15 is 0 Å². The van der Waals surface area contributed by atoms with Crippen LogP contribution in [0.5, 0.6) is 0 Å². The summed E-state index contributed by atoms with van der Waals surface area (Å²) in [6.07, 6.45) is 3.61. The first-order chi connectivity index (χ1) is 14.2. The average Bonchev–Trinajstić information content (AvgIpc) is 3.07. The molecule has 0 aromatic heterocycles. The minimum atomic E-state index is -3.25. The van der Waals surface area contributed by atoms with E-state index in [1.807, 2.05) is 24.3 Å².